The zero-order chi connectivity index (χ0) is 51.8. The third-order valence-electron chi connectivity index (χ3n) is 12.0. The fourth-order valence-electron chi connectivity index (χ4n) is 7.74. The van der Waals surface area contributed by atoms with Crippen LogP contribution in [0.4, 0.5) is 0 Å². The zero-order valence-electron chi connectivity index (χ0n) is 44.2. The lowest BCUT2D eigenvalue weighted by Gasteiger charge is -2.40. The Labute approximate surface area is 429 Å². The lowest BCUT2D eigenvalue weighted by Crippen LogP contribution is -2.61. The van der Waals surface area contributed by atoms with E-state index in [-0.39, 0.29) is 25.9 Å². The molecule has 1 aliphatic rings. The van der Waals surface area contributed by atoms with Gasteiger partial charge in [0.15, 0.2) is 24.6 Å². The molecule has 6 atom stereocenters. The fraction of sp³-hybridized carbons (Fsp3) is 0.695. The average molecular weight is 997 g/mol. The summed E-state index contributed by atoms with van der Waals surface area (Å²) in [6, 6.07) is 0. The summed E-state index contributed by atoms with van der Waals surface area (Å²) in [6.45, 7) is 5.78. The van der Waals surface area contributed by atoms with Gasteiger partial charge in [0.05, 0.1) is 6.61 Å². The number of rotatable bonds is 45. The second-order valence-corrected chi connectivity index (χ2v) is 18.5. The van der Waals surface area contributed by atoms with Crippen LogP contribution in [-0.2, 0) is 42.9 Å². The van der Waals surface area contributed by atoms with Crippen LogP contribution in [0.15, 0.2) is 85.1 Å². The molecule has 0 aliphatic carbocycles. The van der Waals surface area contributed by atoms with Crippen molar-refractivity contribution in [3.05, 3.63) is 85.1 Å². The molecule has 0 spiro atoms. The molecule has 3 N–H and O–H groups in total. The molecule has 12 nitrogen and oxygen atoms in total. The largest absolute Gasteiger partial charge is 0.479 e. The molecule has 6 unspecified atom stereocenters. The molecule has 404 valence electrons. The summed E-state index contributed by atoms with van der Waals surface area (Å²) in [5.74, 6) is -3.25. The van der Waals surface area contributed by atoms with E-state index < -0.39 is 67.3 Å². The third kappa shape index (κ3) is 37.3. The van der Waals surface area contributed by atoms with E-state index in [1.807, 2.05) is 18.2 Å². The van der Waals surface area contributed by atoms with Gasteiger partial charge >= 0.3 is 23.9 Å². The molecule has 1 saturated heterocycles. The number of aliphatic carboxylic acids is 1. The van der Waals surface area contributed by atoms with E-state index in [4.69, 9.17) is 23.7 Å². The van der Waals surface area contributed by atoms with Gasteiger partial charge in [-0.3, -0.25) is 14.4 Å². The maximum atomic E-state index is 13.0. The average Bonchev–Trinajstić information content (AvgIpc) is 3.35. The van der Waals surface area contributed by atoms with Crippen LogP contribution in [0.2, 0.25) is 0 Å². The first-order valence-corrected chi connectivity index (χ1v) is 27.6. The topological polar surface area (TPSA) is 175 Å². The molecule has 0 radical (unpaired) electrons. The van der Waals surface area contributed by atoms with Gasteiger partial charge < -0.3 is 39.0 Å². The highest BCUT2D eigenvalue weighted by atomic mass is 16.7. The minimum atomic E-state index is -1.93. The Morgan fingerprint density at radius 1 is 0.479 bits per heavy atom. The van der Waals surface area contributed by atoms with E-state index in [0.29, 0.717) is 25.7 Å². The van der Waals surface area contributed by atoms with Crippen molar-refractivity contribution in [2.75, 3.05) is 13.2 Å². The highest BCUT2D eigenvalue weighted by Crippen LogP contribution is 2.26. The summed E-state index contributed by atoms with van der Waals surface area (Å²) in [5, 5.41) is 31.3. The molecule has 0 bridgehead atoms. The maximum Gasteiger partial charge on any atom is 0.335 e. The number of ether oxygens (including phenoxy) is 5. The number of carboxylic acid groups (broad SMARTS) is 1. The fourth-order valence-corrected chi connectivity index (χ4v) is 7.74. The predicted molar refractivity (Wildman–Crippen MR) is 284 cm³/mol. The molecular formula is C59H96O12. The molecule has 0 saturated carbocycles. The van der Waals surface area contributed by atoms with Crippen molar-refractivity contribution in [3.63, 3.8) is 0 Å². The number of carboxylic acids is 1. The molecule has 0 amide bonds. The van der Waals surface area contributed by atoms with Gasteiger partial charge in [0.1, 0.15) is 18.8 Å². The Bertz CT molecular complexity index is 1560. The van der Waals surface area contributed by atoms with Gasteiger partial charge in [-0.05, 0) is 83.5 Å². The van der Waals surface area contributed by atoms with Crippen molar-refractivity contribution >= 4 is 23.9 Å². The minimum Gasteiger partial charge on any atom is -0.479 e. The van der Waals surface area contributed by atoms with E-state index in [1.54, 1.807) is 0 Å². The van der Waals surface area contributed by atoms with Gasteiger partial charge in [-0.25, -0.2) is 4.79 Å². The molecule has 12 heteroatoms. The van der Waals surface area contributed by atoms with Gasteiger partial charge in [0.2, 0.25) is 0 Å². The number of hydrogen-bond donors (Lipinski definition) is 3. The van der Waals surface area contributed by atoms with E-state index >= 15 is 0 Å². The normalized spacial score (nSPS) is 19.1. The molecule has 0 aromatic heterocycles. The van der Waals surface area contributed by atoms with Crippen LogP contribution >= 0.6 is 0 Å². The molecule has 1 aliphatic heterocycles. The summed E-state index contributed by atoms with van der Waals surface area (Å²) in [6.07, 6.45) is 47.3. The second-order valence-electron chi connectivity index (χ2n) is 18.5. The van der Waals surface area contributed by atoms with Gasteiger partial charge in [0.25, 0.3) is 0 Å². The van der Waals surface area contributed by atoms with Crippen molar-refractivity contribution in [3.8, 4) is 0 Å². The second kappa shape index (κ2) is 46.9. The highest BCUT2D eigenvalue weighted by Gasteiger charge is 2.50. The van der Waals surface area contributed by atoms with Crippen molar-refractivity contribution in [1.82, 2.24) is 0 Å². The summed E-state index contributed by atoms with van der Waals surface area (Å²) in [7, 11) is 0. The molecule has 1 heterocycles. The van der Waals surface area contributed by atoms with Crippen molar-refractivity contribution in [2.24, 2.45) is 0 Å². The first kappa shape index (κ1) is 64.9. The maximum absolute atomic E-state index is 13.0. The third-order valence-corrected chi connectivity index (χ3v) is 12.0. The van der Waals surface area contributed by atoms with Crippen LogP contribution in [0.3, 0.4) is 0 Å². The molecule has 1 fully saturated rings. The van der Waals surface area contributed by atoms with Gasteiger partial charge in [-0.15, -0.1) is 0 Å². The number of hydrogen-bond acceptors (Lipinski definition) is 11. The number of allylic oxidation sites excluding steroid dienone is 14. The minimum absolute atomic E-state index is 0.0673. The highest BCUT2D eigenvalue weighted by molar-refractivity contribution is 5.74. The van der Waals surface area contributed by atoms with Crippen molar-refractivity contribution in [1.29, 1.82) is 0 Å². The summed E-state index contributed by atoms with van der Waals surface area (Å²) in [4.78, 5) is 50.8. The van der Waals surface area contributed by atoms with E-state index in [2.05, 4.69) is 87.6 Å². The summed E-state index contributed by atoms with van der Waals surface area (Å²) >= 11 is 0. The summed E-state index contributed by atoms with van der Waals surface area (Å²) < 4.78 is 28.2. The first-order valence-electron chi connectivity index (χ1n) is 27.6. The van der Waals surface area contributed by atoms with Gasteiger partial charge in [-0.2, -0.15) is 0 Å². The van der Waals surface area contributed by atoms with Crippen LogP contribution in [0.1, 0.15) is 213 Å². The van der Waals surface area contributed by atoms with Crippen LogP contribution in [-0.4, -0.2) is 89.2 Å². The molecular weight excluding hydrogens is 901 g/mol. The standard InChI is InChI=1S/C59H96O12/c1-4-7-10-13-16-19-21-23-24-25-26-27-28-30-32-35-38-41-44-47-53(62)70-57-55(64)54(63)56(58(65)66)71-59(57)68-49-50(69-52(61)46-43-40-37-33-18-15-12-9-6-3)48-67-51(60)45-42-39-36-34-31-29-22-20-17-14-11-8-5-2/h7,10,16,19-20,22-24,26-27,30,32,38,41,50,54-57,59,63-64H,4-6,8-9,11-15,17-18,21,25,28-29,31,33-37,39-40,42-49H2,1-3H3,(H,65,66)/b10-7-,19-16-,22-20-,24-23-,27-26-,32-30-,41-38-. The number of aliphatic hydroxyl groups excluding tert-OH is 2. The lowest BCUT2D eigenvalue weighted by molar-refractivity contribution is -0.301. The molecule has 0 aromatic carbocycles. The number of esters is 3. The first-order chi connectivity index (χ1) is 34.6. The van der Waals surface area contributed by atoms with E-state index in [9.17, 15) is 34.5 Å². The Morgan fingerprint density at radius 3 is 1.42 bits per heavy atom. The van der Waals surface area contributed by atoms with Crippen LogP contribution in [0.25, 0.3) is 0 Å². The Kier molecular flexibility index (Phi) is 42.9. The van der Waals surface area contributed by atoms with Crippen LogP contribution < -0.4 is 0 Å². The number of carbonyl (C=O) groups is 4. The summed E-state index contributed by atoms with van der Waals surface area (Å²) in [5.41, 5.74) is 0. The van der Waals surface area contributed by atoms with E-state index in [1.165, 1.54) is 57.8 Å². The van der Waals surface area contributed by atoms with Crippen molar-refractivity contribution < 1.29 is 58.2 Å². The smallest absolute Gasteiger partial charge is 0.335 e. The lowest BCUT2D eigenvalue weighted by atomic mass is 9.98. The Hall–Kier alpha value is -4.10. The van der Waals surface area contributed by atoms with Gasteiger partial charge in [0, 0.05) is 19.3 Å². The Balaban J connectivity index is 2.73. The van der Waals surface area contributed by atoms with Crippen LogP contribution in [0, 0.1) is 0 Å². The predicted octanol–water partition coefficient (Wildman–Crippen LogP) is 13.6. The Morgan fingerprint density at radius 2 is 0.915 bits per heavy atom. The SMILES string of the molecule is CC/C=C\C/C=C\C/C=C\C/C=C\C/C=C\C/C=C\CCC(=O)OC1C(OCC(COC(=O)CCCCCCC/C=C\CCCCCC)OC(=O)CCCCCCCCCCC)OC(C(=O)O)C(O)C1O. The zero-order valence-corrected chi connectivity index (χ0v) is 44.2. The molecule has 71 heavy (non-hydrogen) atoms. The van der Waals surface area contributed by atoms with Gasteiger partial charge in [-0.1, -0.05) is 196 Å². The number of carbonyl (C=O) groups excluding carboxylic acids is 3. The quantitative estimate of drug-likeness (QED) is 0.0228. The monoisotopic (exact) mass is 997 g/mol. The van der Waals surface area contributed by atoms with E-state index in [0.717, 1.165) is 89.9 Å². The number of unbranched alkanes of at least 4 members (excludes halogenated alkanes) is 17. The molecule has 0 aromatic rings. The van der Waals surface area contributed by atoms with Crippen LogP contribution in [0.5, 0.6) is 0 Å². The molecule has 1 rings (SSSR count). The number of aliphatic hydroxyl groups is 2. The van der Waals surface area contributed by atoms with Crippen molar-refractivity contribution in [2.45, 2.75) is 250 Å².